The molecule has 0 aromatic carbocycles. The minimum absolute atomic E-state index is 0.0641. The number of fused-ring (bicyclic) bond motifs is 1. The first-order valence-corrected chi connectivity index (χ1v) is 11.9. The van der Waals surface area contributed by atoms with E-state index in [1.165, 1.54) is 23.8 Å². The number of ether oxygens (including phenoxy) is 2. The quantitative estimate of drug-likeness (QED) is 0.285. The first-order chi connectivity index (χ1) is 17.4. The molecular weight excluding hydrogens is 484 g/mol. The molecule has 0 spiro atoms. The fraction of sp³-hybridized carbons (Fsp3) is 0.583. The molecule has 1 amide bonds. The van der Waals surface area contributed by atoms with Crippen LogP contribution in [0.3, 0.4) is 0 Å². The van der Waals surface area contributed by atoms with Crippen LogP contribution in [0, 0.1) is 23.2 Å². The summed E-state index contributed by atoms with van der Waals surface area (Å²) in [7, 11) is 0. The molecule has 37 heavy (non-hydrogen) atoms. The topological polar surface area (TPSA) is 202 Å². The van der Waals surface area contributed by atoms with Crippen molar-refractivity contribution in [3.63, 3.8) is 0 Å². The number of nitrogens with two attached hydrogens (primary N) is 1. The molecule has 5 atom stereocenters. The molecule has 0 saturated heterocycles. The van der Waals surface area contributed by atoms with Crippen LogP contribution in [0.2, 0.25) is 0 Å². The summed E-state index contributed by atoms with van der Waals surface area (Å²) in [6.07, 6.45) is -3.91. The van der Waals surface area contributed by atoms with Crippen molar-refractivity contribution in [1.82, 2.24) is 14.6 Å². The van der Waals surface area contributed by atoms with Crippen molar-refractivity contribution in [1.29, 1.82) is 5.26 Å². The highest BCUT2D eigenvalue weighted by Gasteiger charge is 2.39. The van der Waals surface area contributed by atoms with Crippen LogP contribution in [-0.4, -0.2) is 73.6 Å². The van der Waals surface area contributed by atoms with Gasteiger partial charge in [0, 0.05) is 12.3 Å². The Hall–Kier alpha value is -3.60. The Balaban J connectivity index is 2.36. The molecule has 1 unspecified atom stereocenters. The molecule has 2 aromatic rings. The predicted molar refractivity (Wildman–Crippen MR) is 131 cm³/mol. The standard InChI is InChI=1S/C24H34N6O7/c1-6-18(32)37-21(17(31)10-36-24(35)19(26)12(2)3)20(33)14(9-25)15-7-8-16-22(27-11-28-30(15)16)29-23(34)13(4)5/h7-8,11-14,17,19-21,31,33H,6,10,26H2,1-5H3,(H,27,28,29,34)/t14?,17-,19+,20+,21-/m1/s1. The fourth-order valence-electron chi connectivity index (χ4n) is 3.30. The zero-order valence-electron chi connectivity index (χ0n) is 21.5. The average molecular weight is 519 g/mol. The lowest BCUT2D eigenvalue weighted by Gasteiger charge is -2.29. The van der Waals surface area contributed by atoms with Crippen molar-refractivity contribution >= 4 is 29.2 Å². The number of aliphatic hydroxyl groups is 2. The number of hydrogen-bond acceptors (Lipinski definition) is 11. The van der Waals surface area contributed by atoms with Crippen LogP contribution in [-0.2, 0) is 23.9 Å². The predicted octanol–water partition coefficient (Wildman–Crippen LogP) is 0.501. The van der Waals surface area contributed by atoms with Gasteiger partial charge in [0.2, 0.25) is 5.91 Å². The number of anilines is 1. The third-order valence-corrected chi connectivity index (χ3v) is 5.71. The number of hydrogen-bond donors (Lipinski definition) is 4. The van der Waals surface area contributed by atoms with E-state index in [-0.39, 0.29) is 35.7 Å². The van der Waals surface area contributed by atoms with Crippen LogP contribution in [0.1, 0.15) is 52.7 Å². The number of esters is 2. The van der Waals surface area contributed by atoms with Crippen molar-refractivity contribution in [2.24, 2.45) is 17.6 Å². The molecule has 0 fully saturated rings. The van der Waals surface area contributed by atoms with Gasteiger partial charge in [-0.15, -0.1) is 0 Å². The number of nitrogens with zero attached hydrogens (tertiary/aromatic N) is 4. The van der Waals surface area contributed by atoms with Gasteiger partial charge in [0.15, 0.2) is 11.9 Å². The van der Waals surface area contributed by atoms with Gasteiger partial charge in [0.25, 0.3) is 0 Å². The molecule has 0 aliphatic heterocycles. The normalized spacial score (nSPS) is 15.5. The molecular formula is C24H34N6O7. The summed E-state index contributed by atoms with van der Waals surface area (Å²) in [5.41, 5.74) is 6.31. The van der Waals surface area contributed by atoms with E-state index in [1.807, 2.05) is 6.07 Å². The minimum atomic E-state index is -1.74. The van der Waals surface area contributed by atoms with Gasteiger partial charge in [-0.25, -0.2) is 9.50 Å². The zero-order valence-corrected chi connectivity index (χ0v) is 21.5. The molecule has 13 nitrogen and oxygen atoms in total. The van der Waals surface area contributed by atoms with E-state index in [2.05, 4.69) is 15.4 Å². The van der Waals surface area contributed by atoms with Crippen molar-refractivity contribution in [2.75, 3.05) is 11.9 Å². The Kier molecular flexibility index (Phi) is 10.5. The van der Waals surface area contributed by atoms with Gasteiger partial charge in [-0.2, -0.15) is 10.4 Å². The summed E-state index contributed by atoms with van der Waals surface area (Å²) >= 11 is 0. The van der Waals surface area contributed by atoms with E-state index in [0.717, 1.165) is 0 Å². The Morgan fingerprint density at radius 2 is 1.89 bits per heavy atom. The summed E-state index contributed by atoms with van der Waals surface area (Å²) in [6.45, 7) is 7.78. The van der Waals surface area contributed by atoms with Crippen molar-refractivity contribution in [3.8, 4) is 6.07 Å². The van der Waals surface area contributed by atoms with Crippen LogP contribution >= 0.6 is 0 Å². The molecule has 0 saturated carbocycles. The molecule has 2 aromatic heterocycles. The largest absolute Gasteiger partial charge is 0.462 e. The second-order valence-corrected chi connectivity index (χ2v) is 9.18. The minimum Gasteiger partial charge on any atom is -0.462 e. The lowest BCUT2D eigenvalue weighted by atomic mass is 9.93. The van der Waals surface area contributed by atoms with Crippen LogP contribution in [0.25, 0.3) is 5.52 Å². The third-order valence-electron chi connectivity index (χ3n) is 5.71. The Morgan fingerprint density at radius 1 is 1.22 bits per heavy atom. The zero-order chi connectivity index (χ0) is 27.9. The van der Waals surface area contributed by atoms with Crippen LogP contribution in [0.4, 0.5) is 5.82 Å². The number of carbonyl (C=O) groups excluding carboxylic acids is 3. The molecule has 0 bridgehead atoms. The molecule has 2 heterocycles. The SMILES string of the molecule is CCC(=O)O[C@H]([C@H](O)COC(=O)[C@@H](N)C(C)C)[C@@H](O)C(C#N)c1ccc2c(NC(=O)C(C)C)ncnn12. The second kappa shape index (κ2) is 13.1. The molecule has 202 valence electrons. The lowest BCUT2D eigenvalue weighted by Crippen LogP contribution is -2.47. The summed E-state index contributed by atoms with van der Waals surface area (Å²) in [6, 6.07) is 4.07. The van der Waals surface area contributed by atoms with Crippen molar-refractivity contribution in [3.05, 3.63) is 24.2 Å². The van der Waals surface area contributed by atoms with E-state index < -0.39 is 48.8 Å². The van der Waals surface area contributed by atoms with Crippen molar-refractivity contribution < 1.29 is 34.1 Å². The molecule has 0 radical (unpaired) electrons. The van der Waals surface area contributed by atoms with Crippen molar-refractivity contribution in [2.45, 2.75) is 71.3 Å². The highest BCUT2D eigenvalue weighted by atomic mass is 16.6. The number of aromatic nitrogens is 3. The maximum absolute atomic E-state index is 12.2. The number of amides is 1. The fourth-order valence-corrected chi connectivity index (χ4v) is 3.30. The Morgan fingerprint density at radius 3 is 2.46 bits per heavy atom. The Labute approximate surface area is 214 Å². The van der Waals surface area contributed by atoms with Crippen LogP contribution in [0.15, 0.2) is 18.5 Å². The highest BCUT2D eigenvalue weighted by molar-refractivity contribution is 5.94. The number of nitrogens with one attached hydrogen (secondary N) is 1. The van der Waals surface area contributed by atoms with Gasteiger partial charge in [-0.3, -0.25) is 14.4 Å². The highest BCUT2D eigenvalue weighted by Crippen LogP contribution is 2.28. The second-order valence-electron chi connectivity index (χ2n) is 9.18. The summed E-state index contributed by atoms with van der Waals surface area (Å²) in [5, 5.41) is 38.5. The van der Waals surface area contributed by atoms with Gasteiger partial charge in [0.1, 0.15) is 42.6 Å². The van der Waals surface area contributed by atoms with Gasteiger partial charge >= 0.3 is 11.9 Å². The van der Waals surface area contributed by atoms with Gasteiger partial charge in [-0.1, -0.05) is 34.6 Å². The lowest BCUT2D eigenvalue weighted by molar-refractivity contribution is -0.172. The van der Waals surface area contributed by atoms with E-state index in [9.17, 15) is 29.9 Å². The number of carbonyl (C=O) groups is 3. The summed E-state index contributed by atoms with van der Waals surface area (Å²) in [4.78, 5) is 40.4. The first-order valence-electron chi connectivity index (χ1n) is 11.9. The molecule has 2 rings (SSSR count). The maximum atomic E-state index is 12.2. The number of nitriles is 1. The third kappa shape index (κ3) is 7.22. The molecule has 0 aliphatic rings. The average Bonchev–Trinajstić information content (AvgIpc) is 3.29. The molecule has 5 N–H and O–H groups in total. The Bertz CT molecular complexity index is 1140. The summed E-state index contributed by atoms with van der Waals surface area (Å²) in [5.74, 6) is -3.46. The van der Waals surface area contributed by atoms with Gasteiger partial charge in [0.05, 0.1) is 11.8 Å². The first kappa shape index (κ1) is 29.6. The smallest absolute Gasteiger partial charge is 0.323 e. The van der Waals surface area contributed by atoms with E-state index in [4.69, 9.17) is 15.2 Å². The number of rotatable bonds is 12. The molecule has 13 heteroatoms. The molecule has 0 aliphatic carbocycles. The van der Waals surface area contributed by atoms with E-state index in [1.54, 1.807) is 33.8 Å². The number of aliphatic hydroxyl groups excluding tert-OH is 2. The monoisotopic (exact) mass is 518 g/mol. The van der Waals surface area contributed by atoms with E-state index >= 15 is 0 Å². The maximum Gasteiger partial charge on any atom is 0.323 e. The van der Waals surface area contributed by atoms with E-state index in [0.29, 0.717) is 5.52 Å². The van der Waals surface area contributed by atoms with Crippen LogP contribution < -0.4 is 11.1 Å². The van der Waals surface area contributed by atoms with Gasteiger partial charge in [-0.05, 0) is 18.1 Å². The van der Waals surface area contributed by atoms with Crippen LogP contribution in [0.5, 0.6) is 0 Å². The van der Waals surface area contributed by atoms with Gasteiger partial charge < -0.3 is 30.7 Å². The summed E-state index contributed by atoms with van der Waals surface area (Å²) < 4.78 is 11.6.